The molecule has 0 amide bonds. The lowest BCUT2D eigenvalue weighted by atomic mass is 10.2. The standard InChI is InChI=1S/C14H22N2O4S/c1-9(11-4-5-11)15(6-7-20-3)14-12(16(18)19)8-13(21-14)10(2)17/h8-11,17H,4-7H2,1-3H3/t9?,10-/m1/s1. The van der Waals surface area contributed by atoms with Crippen LogP contribution in [0.3, 0.4) is 0 Å². The van der Waals surface area contributed by atoms with Gasteiger partial charge in [-0.1, -0.05) is 0 Å². The molecule has 1 heterocycles. The van der Waals surface area contributed by atoms with Crippen molar-refractivity contribution in [3.8, 4) is 0 Å². The SMILES string of the molecule is COCCN(c1sc([C@@H](C)O)cc1[N+](=O)[O-])C(C)C1CC1. The summed E-state index contributed by atoms with van der Waals surface area (Å²) >= 11 is 1.31. The van der Waals surface area contributed by atoms with Crippen LogP contribution in [0.4, 0.5) is 10.7 Å². The van der Waals surface area contributed by atoms with Gasteiger partial charge in [-0.15, -0.1) is 11.3 Å². The topological polar surface area (TPSA) is 75.8 Å². The number of nitrogens with zero attached hydrogens (tertiary/aromatic N) is 2. The lowest BCUT2D eigenvalue weighted by molar-refractivity contribution is -0.383. The average molecular weight is 314 g/mol. The minimum atomic E-state index is -0.692. The molecule has 21 heavy (non-hydrogen) atoms. The summed E-state index contributed by atoms with van der Waals surface area (Å²) in [6.45, 7) is 4.88. The molecule has 0 bridgehead atoms. The molecule has 0 aliphatic heterocycles. The summed E-state index contributed by atoms with van der Waals surface area (Å²) in [5.41, 5.74) is 0.0829. The van der Waals surface area contributed by atoms with Crippen LogP contribution in [-0.4, -0.2) is 36.3 Å². The molecule has 1 saturated carbocycles. The third-order valence-electron chi connectivity index (χ3n) is 3.91. The van der Waals surface area contributed by atoms with Gasteiger partial charge in [-0.05, 0) is 32.6 Å². The molecule has 0 saturated heterocycles. The smallest absolute Gasteiger partial charge is 0.304 e. The van der Waals surface area contributed by atoms with Crippen LogP contribution in [0.25, 0.3) is 0 Å². The highest BCUT2D eigenvalue weighted by molar-refractivity contribution is 7.16. The molecular formula is C14H22N2O4S. The lowest BCUT2D eigenvalue weighted by Gasteiger charge is -2.29. The largest absolute Gasteiger partial charge is 0.388 e. The second kappa shape index (κ2) is 6.72. The predicted molar refractivity (Wildman–Crippen MR) is 83.0 cm³/mol. The summed E-state index contributed by atoms with van der Waals surface area (Å²) in [6, 6.07) is 1.74. The highest BCUT2D eigenvalue weighted by atomic mass is 32.1. The normalized spacial score (nSPS) is 17.5. The van der Waals surface area contributed by atoms with E-state index in [-0.39, 0.29) is 16.7 Å². The van der Waals surface area contributed by atoms with Crippen LogP contribution >= 0.6 is 11.3 Å². The summed E-state index contributed by atoms with van der Waals surface area (Å²) in [6.07, 6.45) is 1.66. The van der Waals surface area contributed by atoms with Gasteiger partial charge in [-0.2, -0.15) is 0 Å². The van der Waals surface area contributed by atoms with Crippen molar-refractivity contribution in [1.82, 2.24) is 0 Å². The third-order valence-corrected chi connectivity index (χ3v) is 5.25. The van der Waals surface area contributed by atoms with E-state index in [1.54, 1.807) is 14.0 Å². The maximum atomic E-state index is 11.3. The molecule has 0 spiro atoms. The molecule has 2 atom stereocenters. The molecule has 1 aromatic rings. The quantitative estimate of drug-likeness (QED) is 0.590. The zero-order valence-corrected chi connectivity index (χ0v) is 13.4. The first-order valence-corrected chi connectivity index (χ1v) is 7.99. The van der Waals surface area contributed by atoms with Gasteiger partial charge >= 0.3 is 5.69 Å². The molecule has 1 aliphatic carbocycles. The van der Waals surface area contributed by atoms with Gasteiger partial charge in [0.05, 0.1) is 17.6 Å². The predicted octanol–water partition coefficient (Wildman–Crippen LogP) is 2.96. The number of rotatable bonds is 8. The minimum Gasteiger partial charge on any atom is -0.388 e. The summed E-state index contributed by atoms with van der Waals surface area (Å²) in [5, 5.41) is 21.7. The van der Waals surface area contributed by atoms with E-state index in [0.717, 1.165) is 0 Å². The second-order valence-corrected chi connectivity index (χ2v) is 6.60. The van der Waals surface area contributed by atoms with Gasteiger partial charge < -0.3 is 14.7 Å². The first-order valence-electron chi connectivity index (χ1n) is 7.17. The molecule has 2 rings (SSSR count). The fourth-order valence-corrected chi connectivity index (χ4v) is 3.62. The van der Waals surface area contributed by atoms with Crippen LogP contribution in [0.15, 0.2) is 6.07 Å². The van der Waals surface area contributed by atoms with Gasteiger partial charge in [0.15, 0.2) is 5.00 Å². The Hall–Kier alpha value is -1.18. The van der Waals surface area contributed by atoms with Gasteiger partial charge in [-0.25, -0.2) is 0 Å². The number of anilines is 1. The Labute approximate surface area is 128 Å². The van der Waals surface area contributed by atoms with E-state index < -0.39 is 6.10 Å². The van der Waals surface area contributed by atoms with Gasteiger partial charge in [0.25, 0.3) is 0 Å². The Kier molecular flexibility index (Phi) is 5.18. The van der Waals surface area contributed by atoms with Crippen molar-refractivity contribution in [2.24, 2.45) is 5.92 Å². The van der Waals surface area contributed by atoms with E-state index in [1.807, 2.05) is 0 Å². The van der Waals surface area contributed by atoms with E-state index in [2.05, 4.69) is 11.8 Å². The van der Waals surface area contributed by atoms with Crippen molar-refractivity contribution < 1.29 is 14.8 Å². The van der Waals surface area contributed by atoms with E-state index in [4.69, 9.17) is 4.74 Å². The van der Waals surface area contributed by atoms with Crippen molar-refractivity contribution in [2.75, 3.05) is 25.2 Å². The van der Waals surface area contributed by atoms with Crippen molar-refractivity contribution >= 4 is 22.0 Å². The number of thiophene rings is 1. The van der Waals surface area contributed by atoms with Gasteiger partial charge in [-0.3, -0.25) is 10.1 Å². The zero-order valence-electron chi connectivity index (χ0n) is 12.6. The maximum absolute atomic E-state index is 11.3. The van der Waals surface area contributed by atoms with Crippen molar-refractivity contribution in [1.29, 1.82) is 0 Å². The molecule has 0 aromatic carbocycles. The molecule has 6 nitrogen and oxygen atoms in total. The Morgan fingerprint density at radius 1 is 1.57 bits per heavy atom. The van der Waals surface area contributed by atoms with Crippen LogP contribution < -0.4 is 4.90 Å². The number of aliphatic hydroxyl groups is 1. The Morgan fingerprint density at radius 2 is 2.24 bits per heavy atom. The van der Waals surface area contributed by atoms with Crippen molar-refractivity contribution in [3.05, 3.63) is 21.1 Å². The lowest BCUT2D eigenvalue weighted by Crippen LogP contribution is -2.37. The molecule has 1 fully saturated rings. The van der Waals surface area contributed by atoms with Crippen molar-refractivity contribution in [3.63, 3.8) is 0 Å². The van der Waals surface area contributed by atoms with Crippen LogP contribution in [0.2, 0.25) is 0 Å². The van der Waals surface area contributed by atoms with E-state index in [1.165, 1.54) is 30.2 Å². The van der Waals surface area contributed by atoms with Gasteiger partial charge in [0.1, 0.15) is 0 Å². The monoisotopic (exact) mass is 314 g/mol. The first-order chi connectivity index (χ1) is 9.95. The molecule has 1 N–H and O–H groups in total. The molecule has 1 unspecified atom stereocenters. The minimum absolute atomic E-state index is 0.0829. The number of methoxy groups -OCH3 is 1. The summed E-state index contributed by atoms with van der Waals surface area (Å²) in [5.74, 6) is 0.596. The fourth-order valence-electron chi connectivity index (χ4n) is 2.45. The van der Waals surface area contributed by atoms with Crippen LogP contribution in [0, 0.1) is 16.0 Å². The third kappa shape index (κ3) is 3.72. The second-order valence-electron chi connectivity index (χ2n) is 5.54. The Morgan fingerprint density at radius 3 is 2.71 bits per heavy atom. The number of nitro groups is 1. The molecular weight excluding hydrogens is 292 g/mol. The van der Waals surface area contributed by atoms with Crippen LogP contribution in [-0.2, 0) is 4.74 Å². The van der Waals surface area contributed by atoms with Gasteiger partial charge in [0.2, 0.25) is 0 Å². The van der Waals surface area contributed by atoms with Crippen LogP contribution in [0.5, 0.6) is 0 Å². The first kappa shape index (κ1) is 16.2. The highest BCUT2D eigenvalue weighted by Crippen LogP contribution is 2.44. The van der Waals surface area contributed by atoms with Crippen LogP contribution in [0.1, 0.15) is 37.7 Å². The summed E-state index contributed by atoms with van der Waals surface area (Å²) in [7, 11) is 1.63. The fraction of sp³-hybridized carbons (Fsp3) is 0.714. The molecule has 0 radical (unpaired) electrons. The molecule has 1 aromatic heterocycles. The molecule has 118 valence electrons. The van der Waals surface area contributed by atoms with Crippen molar-refractivity contribution in [2.45, 2.75) is 38.8 Å². The zero-order chi connectivity index (χ0) is 15.6. The highest BCUT2D eigenvalue weighted by Gasteiger charge is 2.35. The Balaban J connectivity index is 2.34. The Bertz CT molecular complexity index is 499. The maximum Gasteiger partial charge on any atom is 0.304 e. The summed E-state index contributed by atoms with van der Waals surface area (Å²) < 4.78 is 5.14. The van der Waals surface area contributed by atoms with Gasteiger partial charge in [0, 0.05) is 30.6 Å². The number of ether oxygens (including phenoxy) is 1. The van der Waals surface area contributed by atoms with E-state index in [9.17, 15) is 15.2 Å². The average Bonchev–Trinajstić information content (AvgIpc) is 3.18. The van der Waals surface area contributed by atoms with E-state index >= 15 is 0 Å². The number of hydrogen-bond donors (Lipinski definition) is 1. The molecule has 7 heteroatoms. The van der Waals surface area contributed by atoms with E-state index in [0.29, 0.717) is 28.9 Å². The molecule has 1 aliphatic rings. The summed E-state index contributed by atoms with van der Waals surface area (Å²) in [4.78, 5) is 13.6. The number of hydrogen-bond acceptors (Lipinski definition) is 6. The number of aliphatic hydroxyl groups excluding tert-OH is 1.